The van der Waals surface area contributed by atoms with Gasteiger partial charge in [-0.1, -0.05) is 0 Å². The van der Waals surface area contributed by atoms with Crippen LogP contribution in [-0.2, 0) is 0 Å². The predicted octanol–water partition coefficient (Wildman–Crippen LogP) is 2.71. The first-order chi connectivity index (χ1) is 4.41. The van der Waals surface area contributed by atoms with E-state index < -0.39 is 0 Å². The molecule has 0 aliphatic heterocycles. The molecule has 48 valence electrons. The minimum absolute atomic E-state index is 1.25. The van der Waals surface area contributed by atoms with E-state index in [9.17, 15) is 0 Å². The van der Waals surface area contributed by atoms with Crippen molar-refractivity contribution >= 4 is 17.7 Å². The second kappa shape index (κ2) is 8.34. The minimum atomic E-state index is 1.25. The second-order valence-electron chi connectivity index (χ2n) is 2.40. The molecule has 0 atom stereocenters. The molecule has 0 spiro atoms. The summed E-state index contributed by atoms with van der Waals surface area (Å²) in [6.07, 6.45) is 9.78. The number of hydrogen-bond donors (Lipinski definition) is 0. The van der Waals surface area contributed by atoms with Crippen LogP contribution in [0.15, 0.2) is 12.2 Å². The molecule has 0 aromatic rings. The van der Waals surface area contributed by atoms with Gasteiger partial charge < -0.3 is 0 Å². The molecular formula is C8H15Li. The van der Waals surface area contributed by atoms with Crippen LogP contribution in [0.4, 0.5) is 0 Å². The summed E-state index contributed by atoms with van der Waals surface area (Å²) in [6, 6.07) is 0. The first-order valence-electron chi connectivity index (χ1n) is 4.06. The van der Waals surface area contributed by atoms with Gasteiger partial charge in [-0.2, -0.15) is 0 Å². The fourth-order valence-corrected chi connectivity index (χ4v) is 0.724. The van der Waals surface area contributed by atoms with Gasteiger partial charge in [0.1, 0.15) is 0 Å². The van der Waals surface area contributed by atoms with Crippen molar-refractivity contribution in [3.63, 3.8) is 0 Å². The van der Waals surface area contributed by atoms with Crippen LogP contribution in [0.1, 0.15) is 32.6 Å². The van der Waals surface area contributed by atoms with Crippen LogP contribution in [0.25, 0.3) is 0 Å². The number of rotatable bonds is 5. The number of unbranched alkanes of at least 4 members (excludes halogenated alkanes) is 2. The zero-order valence-electron chi connectivity index (χ0n) is 6.69. The van der Waals surface area contributed by atoms with Crippen molar-refractivity contribution in [2.24, 2.45) is 0 Å². The van der Waals surface area contributed by atoms with Crippen molar-refractivity contribution in [3.8, 4) is 0 Å². The van der Waals surface area contributed by atoms with Crippen molar-refractivity contribution in [2.45, 2.75) is 37.7 Å². The van der Waals surface area contributed by atoms with Crippen LogP contribution in [0.3, 0.4) is 0 Å². The molecule has 0 aliphatic rings. The van der Waals surface area contributed by atoms with Crippen LogP contribution in [0.2, 0.25) is 5.09 Å². The number of allylic oxidation sites excluding steroid dienone is 2. The second-order valence-corrected chi connectivity index (χ2v) is 2.40. The summed E-state index contributed by atoms with van der Waals surface area (Å²) >= 11 is 2.21. The van der Waals surface area contributed by atoms with Gasteiger partial charge in [-0.3, -0.25) is 0 Å². The quantitative estimate of drug-likeness (QED) is 0.296. The van der Waals surface area contributed by atoms with Gasteiger partial charge in [0, 0.05) is 0 Å². The zero-order chi connectivity index (χ0) is 6.95. The van der Waals surface area contributed by atoms with Gasteiger partial charge in [-0.25, -0.2) is 0 Å². The summed E-state index contributed by atoms with van der Waals surface area (Å²) in [4.78, 5) is 0. The normalized spacial score (nSPS) is 11.0. The summed E-state index contributed by atoms with van der Waals surface area (Å²) in [6.45, 7) is 2.23. The summed E-state index contributed by atoms with van der Waals surface area (Å²) < 4.78 is 0. The summed E-state index contributed by atoms with van der Waals surface area (Å²) in [5.41, 5.74) is 0. The summed E-state index contributed by atoms with van der Waals surface area (Å²) in [5.74, 6) is 0. The van der Waals surface area contributed by atoms with Crippen molar-refractivity contribution in [3.05, 3.63) is 12.2 Å². The average molecular weight is 118 g/mol. The fourth-order valence-electron chi connectivity index (χ4n) is 0.724. The van der Waals surface area contributed by atoms with Gasteiger partial charge in [0.05, 0.1) is 0 Å². The molecule has 0 saturated carbocycles. The average Bonchev–Trinajstić information content (AvgIpc) is 1.89. The summed E-state index contributed by atoms with van der Waals surface area (Å²) in [5, 5.41) is 1.28. The SMILES string of the molecule is [Li][CH2]C/C=C\CCCC. The third kappa shape index (κ3) is 8.34. The molecule has 9 heavy (non-hydrogen) atoms. The Hall–Kier alpha value is 0.337. The molecule has 0 N–H and O–H groups in total. The van der Waals surface area contributed by atoms with Gasteiger partial charge in [-0.05, 0) is 0 Å². The van der Waals surface area contributed by atoms with E-state index in [0.717, 1.165) is 0 Å². The van der Waals surface area contributed by atoms with Gasteiger partial charge in [0.25, 0.3) is 0 Å². The molecule has 0 unspecified atom stereocenters. The monoisotopic (exact) mass is 118 g/mol. The molecule has 0 nitrogen and oxygen atoms in total. The first-order valence-corrected chi connectivity index (χ1v) is 4.06. The van der Waals surface area contributed by atoms with Crippen molar-refractivity contribution < 1.29 is 0 Å². The Labute approximate surface area is 67.9 Å². The molecule has 0 amide bonds. The van der Waals surface area contributed by atoms with Crippen molar-refractivity contribution in [2.75, 3.05) is 0 Å². The Kier molecular flexibility index (Phi) is 8.65. The third-order valence-electron chi connectivity index (χ3n) is 1.35. The maximum absolute atomic E-state index is 2.30. The molecular weight excluding hydrogens is 103 g/mol. The fraction of sp³-hybridized carbons (Fsp3) is 0.750. The Bertz CT molecular complexity index is 67.0. The molecule has 0 saturated heterocycles. The van der Waals surface area contributed by atoms with E-state index in [0.29, 0.717) is 0 Å². The van der Waals surface area contributed by atoms with E-state index in [4.69, 9.17) is 0 Å². The molecule has 0 aromatic carbocycles. The molecule has 0 fully saturated rings. The molecule has 0 radical (unpaired) electrons. The predicted molar refractivity (Wildman–Crippen MR) is 43.8 cm³/mol. The van der Waals surface area contributed by atoms with E-state index in [1.165, 1.54) is 30.8 Å². The van der Waals surface area contributed by atoms with Crippen LogP contribution < -0.4 is 0 Å². The molecule has 0 rings (SSSR count). The Morgan fingerprint density at radius 2 is 1.89 bits per heavy atom. The Morgan fingerprint density at radius 1 is 1.22 bits per heavy atom. The van der Waals surface area contributed by atoms with E-state index in [1.807, 2.05) is 0 Å². The third-order valence-corrected chi connectivity index (χ3v) is 1.35. The van der Waals surface area contributed by atoms with Crippen LogP contribution in [0, 0.1) is 0 Å². The first kappa shape index (κ1) is 9.34. The van der Waals surface area contributed by atoms with Crippen molar-refractivity contribution in [1.29, 1.82) is 0 Å². The van der Waals surface area contributed by atoms with Crippen LogP contribution in [0.5, 0.6) is 0 Å². The van der Waals surface area contributed by atoms with E-state index in [2.05, 4.69) is 36.8 Å². The zero-order valence-corrected chi connectivity index (χ0v) is 6.69. The van der Waals surface area contributed by atoms with E-state index >= 15 is 0 Å². The molecule has 0 bridgehead atoms. The van der Waals surface area contributed by atoms with Gasteiger partial charge in [0.2, 0.25) is 0 Å². The molecule has 0 aliphatic carbocycles. The van der Waals surface area contributed by atoms with Gasteiger partial charge in [0.15, 0.2) is 0 Å². The standard InChI is InChI=1S/C8H15.Li/c1-3-5-7-8-6-4-2;/h5,7H,1,3-4,6,8H2,2H3;/b7-5-;. The Morgan fingerprint density at radius 3 is 2.44 bits per heavy atom. The summed E-state index contributed by atoms with van der Waals surface area (Å²) in [7, 11) is 0. The molecule has 0 heterocycles. The van der Waals surface area contributed by atoms with Gasteiger partial charge >= 0.3 is 67.6 Å². The van der Waals surface area contributed by atoms with E-state index in [-0.39, 0.29) is 0 Å². The van der Waals surface area contributed by atoms with Crippen molar-refractivity contribution in [1.82, 2.24) is 0 Å². The topological polar surface area (TPSA) is 0 Å². The number of hydrogen-bond acceptors (Lipinski definition) is 0. The maximum atomic E-state index is 2.30. The molecule has 1 heteroatoms. The van der Waals surface area contributed by atoms with Crippen LogP contribution in [-0.4, -0.2) is 17.7 Å². The van der Waals surface area contributed by atoms with E-state index in [1.54, 1.807) is 0 Å². The van der Waals surface area contributed by atoms with Gasteiger partial charge in [-0.15, -0.1) is 0 Å². The Balaban J connectivity index is 2.86. The van der Waals surface area contributed by atoms with Crippen LogP contribution >= 0.6 is 0 Å². The molecule has 0 aromatic heterocycles.